The number of pyridine rings is 1. The second-order valence-electron chi connectivity index (χ2n) is 6.49. The van der Waals surface area contributed by atoms with Crippen molar-refractivity contribution in [1.82, 2.24) is 34.6 Å². The Morgan fingerprint density at radius 2 is 2.04 bits per heavy atom. The monoisotopic (exact) mass is 341 g/mol. The van der Waals surface area contributed by atoms with Gasteiger partial charge >= 0.3 is 0 Å². The maximum atomic E-state index is 12.5. The van der Waals surface area contributed by atoms with Crippen molar-refractivity contribution in [2.75, 3.05) is 0 Å². The van der Waals surface area contributed by atoms with E-state index in [1.54, 1.807) is 23.3 Å². The first-order valence-electron chi connectivity index (χ1n) is 8.49. The van der Waals surface area contributed by atoms with Crippen molar-refractivity contribution in [3.63, 3.8) is 0 Å². The van der Waals surface area contributed by atoms with Crippen molar-refractivity contribution in [2.45, 2.75) is 46.8 Å². The number of aromatic nitrogens is 6. The van der Waals surface area contributed by atoms with Gasteiger partial charge in [0.25, 0.3) is 5.91 Å². The molecular weight excluding hydrogens is 318 g/mol. The number of aryl methyl sites for hydroxylation is 1. The van der Waals surface area contributed by atoms with Gasteiger partial charge in [0.05, 0.1) is 17.9 Å². The third-order valence-electron chi connectivity index (χ3n) is 3.96. The Labute approximate surface area is 146 Å². The van der Waals surface area contributed by atoms with E-state index < -0.39 is 0 Å². The van der Waals surface area contributed by atoms with Crippen LogP contribution in [0, 0.1) is 5.92 Å². The van der Waals surface area contributed by atoms with Gasteiger partial charge in [0.1, 0.15) is 17.7 Å². The second kappa shape index (κ2) is 7.00. The summed E-state index contributed by atoms with van der Waals surface area (Å²) in [6.07, 6.45) is 4.86. The highest BCUT2D eigenvalue weighted by Gasteiger charge is 2.17. The number of fused-ring (bicyclic) bond motifs is 1. The molecule has 0 aliphatic carbocycles. The highest BCUT2D eigenvalue weighted by atomic mass is 16.1. The largest absolute Gasteiger partial charge is 0.342 e. The normalized spacial score (nSPS) is 12.7. The highest BCUT2D eigenvalue weighted by molar-refractivity contribution is 5.96. The number of nitrogens with zero attached hydrogens (tertiary/aromatic N) is 6. The summed E-state index contributed by atoms with van der Waals surface area (Å²) in [7, 11) is 0. The van der Waals surface area contributed by atoms with Gasteiger partial charge in [0, 0.05) is 19.3 Å². The second-order valence-corrected chi connectivity index (χ2v) is 6.49. The van der Waals surface area contributed by atoms with Gasteiger partial charge in [0.2, 0.25) is 0 Å². The fraction of sp³-hybridized carbons (Fsp3) is 0.471. The Morgan fingerprint density at radius 3 is 2.76 bits per heavy atom. The Bertz CT molecular complexity index is 880. The van der Waals surface area contributed by atoms with E-state index in [4.69, 9.17) is 0 Å². The van der Waals surface area contributed by atoms with Crippen molar-refractivity contribution >= 4 is 17.1 Å². The van der Waals surface area contributed by atoms with Crippen LogP contribution in [0.15, 0.2) is 24.9 Å². The molecule has 0 saturated carbocycles. The summed E-state index contributed by atoms with van der Waals surface area (Å²) in [6, 6.07) is 1.52. The zero-order valence-electron chi connectivity index (χ0n) is 15.0. The van der Waals surface area contributed by atoms with Crippen LogP contribution in [0.25, 0.3) is 11.2 Å². The molecule has 0 bridgehead atoms. The van der Waals surface area contributed by atoms with E-state index in [0.29, 0.717) is 18.0 Å². The van der Waals surface area contributed by atoms with E-state index in [1.807, 2.05) is 18.4 Å². The van der Waals surface area contributed by atoms with Crippen molar-refractivity contribution in [3.05, 3.63) is 36.3 Å². The Hall–Kier alpha value is -2.77. The number of amides is 1. The van der Waals surface area contributed by atoms with E-state index in [-0.39, 0.29) is 11.9 Å². The molecule has 0 aromatic carbocycles. The van der Waals surface area contributed by atoms with Gasteiger partial charge in [-0.2, -0.15) is 5.10 Å². The van der Waals surface area contributed by atoms with Crippen LogP contribution in [-0.2, 0) is 13.1 Å². The zero-order chi connectivity index (χ0) is 18.0. The number of rotatable bonds is 6. The minimum Gasteiger partial charge on any atom is -0.342 e. The lowest BCUT2D eigenvalue weighted by Gasteiger charge is -2.14. The predicted molar refractivity (Wildman–Crippen MR) is 93.9 cm³/mol. The molecule has 1 atom stereocenters. The van der Waals surface area contributed by atoms with Crippen LogP contribution in [0.3, 0.4) is 0 Å². The lowest BCUT2D eigenvalue weighted by atomic mass is 10.2. The lowest BCUT2D eigenvalue weighted by molar-refractivity contribution is 0.0937. The minimum atomic E-state index is -0.246. The Balaban J connectivity index is 1.78. The molecule has 3 aromatic heterocycles. The van der Waals surface area contributed by atoms with Crippen LogP contribution in [0.5, 0.6) is 0 Å². The van der Waals surface area contributed by atoms with Gasteiger partial charge in [-0.05, 0) is 25.8 Å². The van der Waals surface area contributed by atoms with Gasteiger partial charge in [-0.25, -0.2) is 19.6 Å². The lowest BCUT2D eigenvalue weighted by Crippen LogP contribution is -2.29. The summed E-state index contributed by atoms with van der Waals surface area (Å²) in [5, 5.41) is 7.07. The molecular formula is C17H23N7O. The SMILES string of the molecule is CCn1ncnc1C(C)NC(=O)c1cnc2c(c1)ncn2CC(C)C. The summed E-state index contributed by atoms with van der Waals surface area (Å²) in [5.74, 6) is 1.02. The first kappa shape index (κ1) is 17.1. The summed E-state index contributed by atoms with van der Waals surface area (Å²) in [4.78, 5) is 25.5. The summed E-state index contributed by atoms with van der Waals surface area (Å²) < 4.78 is 3.77. The van der Waals surface area contributed by atoms with E-state index in [1.165, 1.54) is 6.33 Å². The third-order valence-corrected chi connectivity index (χ3v) is 3.96. The van der Waals surface area contributed by atoms with Crippen molar-refractivity contribution in [1.29, 1.82) is 0 Å². The molecule has 0 saturated heterocycles. The van der Waals surface area contributed by atoms with Crippen molar-refractivity contribution < 1.29 is 4.79 Å². The van der Waals surface area contributed by atoms with Gasteiger partial charge in [-0.1, -0.05) is 13.8 Å². The smallest absolute Gasteiger partial charge is 0.253 e. The molecule has 1 unspecified atom stereocenters. The molecule has 8 heteroatoms. The minimum absolute atomic E-state index is 0.203. The Morgan fingerprint density at radius 1 is 1.24 bits per heavy atom. The molecule has 132 valence electrons. The molecule has 3 aromatic rings. The zero-order valence-corrected chi connectivity index (χ0v) is 15.0. The molecule has 0 aliphatic heterocycles. The molecule has 25 heavy (non-hydrogen) atoms. The molecule has 1 N–H and O–H groups in total. The van der Waals surface area contributed by atoms with Crippen LogP contribution < -0.4 is 5.32 Å². The molecule has 0 radical (unpaired) electrons. The van der Waals surface area contributed by atoms with Crippen LogP contribution in [-0.4, -0.2) is 35.2 Å². The van der Waals surface area contributed by atoms with E-state index in [2.05, 4.69) is 39.2 Å². The van der Waals surface area contributed by atoms with Crippen molar-refractivity contribution in [3.8, 4) is 0 Å². The molecule has 3 heterocycles. The predicted octanol–water partition coefficient (Wildman–Crippen LogP) is 2.19. The fourth-order valence-electron chi connectivity index (χ4n) is 2.80. The molecule has 0 fully saturated rings. The fourth-order valence-corrected chi connectivity index (χ4v) is 2.80. The van der Waals surface area contributed by atoms with Crippen LogP contribution in [0.4, 0.5) is 0 Å². The maximum Gasteiger partial charge on any atom is 0.253 e. The molecule has 1 amide bonds. The number of hydrogen-bond donors (Lipinski definition) is 1. The highest BCUT2D eigenvalue weighted by Crippen LogP contribution is 2.15. The van der Waals surface area contributed by atoms with Crippen LogP contribution in [0.2, 0.25) is 0 Å². The molecule has 0 spiro atoms. The number of carbonyl (C=O) groups is 1. The third kappa shape index (κ3) is 3.52. The number of hydrogen-bond acceptors (Lipinski definition) is 5. The average Bonchev–Trinajstić information content (AvgIpc) is 3.20. The molecule has 0 aliphatic rings. The van der Waals surface area contributed by atoms with Crippen LogP contribution in [0.1, 0.15) is 49.9 Å². The van der Waals surface area contributed by atoms with Gasteiger partial charge in [0.15, 0.2) is 5.65 Å². The quantitative estimate of drug-likeness (QED) is 0.742. The maximum absolute atomic E-state index is 12.5. The molecule has 8 nitrogen and oxygen atoms in total. The Kier molecular flexibility index (Phi) is 4.78. The van der Waals surface area contributed by atoms with Gasteiger partial charge in [-0.3, -0.25) is 4.79 Å². The van der Waals surface area contributed by atoms with Gasteiger partial charge in [-0.15, -0.1) is 0 Å². The summed E-state index contributed by atoms with van der Waals surface area (Å²) in [5.41, 5.74) is 2.00. The molecule has 3 rings (SSSR count). The van der Waals surface area contributed by atoms with Crippen LogP contribution >= 0.6 is 0 Å². The summed E-state index contributed by atoms with van der Waals surface area (Å²) >= 11 is 0. The first-order chi connectivity index (χ1) is 12.0. The van der Waals surface area contributed by atoms with Gasteiger partial charge < -0.3 is 9.88 Å². The standard InChI is InChI=1S/C17H23N7O/c1-5-24-15(19-9-21-24)12(4)22-17(25)13-6-14-16(18-7-13)23(10-20-14)8-11(2)3/h6-7,9-12H,5,8H2,1-4H3,(H,22,25). The first-order valence-corrected chi connectivity index (χ1v) is 8.49. The number of carbonyl (C=O) groups excluding carboxylic acids is 1. The van der Waals surface area contributed by atoms with E-state index in [9.17, 15) is 4.79 Å². The van der Waals surface area contributed by atoms with E-state index in [0.717, 1.165) is 23.5 Å². The topological polar surface area (TPSA) is 90.5 Å². The average molecular weight is 341 g/mol. The number of nitrogens with one attached hydrogen (secondary N) is 1. The van der Waals surface area contributed by atoms with Crippen molar-refractivity contribution in [2.24, 2.45) is 5.92 Å². The van der Waals surface area contributed by atoms with E-state index >= 15 is 0 Å². The summed E-state index contributed by atoms with van der Waals surface area (Å²) in [6.45, 7) is 9.71. The number of imidazole rings is 1.